The number of carbonyl (C=O) groups excluding carboxylic acids is 1. The molecular weight excluding hydrogens is 280 g/mol. The summed E-state index contributed by atoms with van der Waals surface area (Å²) in [5.74, 6) is 0.568. The predicted molar refractivity (Wildman–Crippen MR) is 80.6 cm³/mol. The van der Waals surface area contributed by atoms with Crippen molar-refractivity contribution in [1.29, 1.82) is 0 Å². The third-order valence-corrected chi connectivity index (χ3v) is 3.74. The summed E-state index contributed by atoms with van der Waals surface area (Å²) in [5, 5.41) is 3.93. The van der Waals surface area contributed by atoms with Crippen molar-refractivity contribution in [2.75, 3.05) is 6.61 Å². The van der Waals surface area contributed by atoms with E-state index in [0.29, 0.717) is 24.4 Å². The average Bonchev–Trinajstić information content (AvgIpc) is 2.99. The number of hydrogen-bond donors (Lipinski definition) is 2. The molecule has 2 N–H and O–H groups in total. The van der Waals surface area contributed by atoms with Gasteiger partial charge in [0.05, 0.1) is 12.6 Å². The van der Waals surface area contributed by atoms with E-state index in [9.17, 15) is 4.79 Å². The average molecular weight is 294 g/mol. The number of nitrogens with zero attached hydrogens (tertiary/aromatic N) is 2. The number of hydrogen-bond acceptors (Lipinski definition) is 4. The molecule has 3 aromatic heterocycles. The first-order valence-corrected chi connectivity index (χ1v) is 7.13. The minimum atomic E-state index is -0.165. The molecule has 1 aliphatic heterocycles. The second kappa shape index (κ2) is 5.14. The van der Waals surface area contributed by atoms with Crippen LogP contribution in [0.3, 0.4) is 0 Å². The van der Waals surface area contributed by atoms with Crippen LogP contribution in [0.4, 0.5) is 0 Å². The van der Waals surface area contributed by atoms with Crippen LogP contribution in [0.15, 0.2) is 42.7 Å². The molecule has 1 unspecified atom stereocenters. The van der Waals surface area contributed by atoms with E-state index in [2.05, 4.69) is 20.3 Å². The molecule has 0 fully saturated rings. The van der Waals surface area contributed by atoms with Gasteiger partial charge in [-0.1, -0.05) is 0 Å². The lowest BCUT2D eigenvalue weighted by Crippen LogP contribution is -2.33. The van der Waals surface area contributed by atoms with E-state index in [4.69, 9.17) is 4.74 Å². The van der Waals surface area contributed by atoms with Crippen molar-refractivity contribution in [3.63, 3.8) is 0 Å². The Morgan fingerprint density at radius 2 is 2.14 bits per heavy atom. The first-order valence-electron chi connectivity index (χ1n) is 7.13. The number of pyridine rings is 2. The molecule has 0 saturated heterocycles. The topological polar surface area (TPSA) is 79.9 Å². The standard InChI is InChI=1S/C16H14N4O2/c21-16(12-9-10-3-1-7-18-15(10)19-12)20-11-5-8-22-13-4-2-6-17-14(11)13/h1-4,6-7,9,11H,5,8H2,(H,18,19)(H,20,21). The van der Waals surface area contributed by atoms with Crippen LogP contribution in [0.1, 0.15) is 28.6 Å². The molecule has 0 aromatic carbocycles. The van der Waals surface area contributed by atoms with Crippen LogP contribution >= 0.6 is 0 Å². The normalized spacial score (nSPS) is 16.8. The molecule has 1 atom stereocenters. The van der Waals surface area contributed by atoms with Gasteiger partial charge in [-0.05, 0) is 30.3 Å². The van der Waals surface area contributed by atoms with Crippen molar-refractivity contribution < 1.29 is 9.53 Å². The van der Waals surface area contributed by atoms with Gasteiger partial charge in [-0.3, -0.25) is 9.78 Å². The Bertz CT molecular complexity index is 810. The molecule has 1 aliphatic rings. The molecule has 110 valence electrons. The highest BCUT2D eigenvalue weighted by Gasteiger charge is 2.25. The maximum atomic E-state index is 12.5. The number of amides is 1. The zero-order valence-corrected chi connectivity index (χ0v) is 11.7. The number of H-pyrrole nitrogens is 1. The van der Waals surface area contributed by atoms with E-state index >= 15 is 0 Å². The van der Waals surface area contributed by atoms with Crippen LogP contribution < -0.4 is 10.1 Å². The van der Waals surface area contributed by atoms with Crippen LogP contribution in [-0.2, 0) is 0 Å². The Labute approximate surface area is 126 Å². The van der Waals surface area contributed by atoms with Crippen molar-refractivity contribution >= 4 is 16.9 Å². The van der Waals surface area contributed by atoms with Gasteiger partial charge in [0.1, 0.15) is 22.8 Å². The molecule has 0 radical (unpaired) electrons. The van der Waals surface area contributed by atoms with Crippen molar-refractivity contribution in [3.8, 4) is 5.75 Å². The van der Waals surface area contributed by atoms with Gasteiger partial charge in [-0.15, -0.1) is 0 Å². The number of aromatic amines is 1. The van der Waals surface area contributed by atoms with E-state index in [0.717, 1.165) is 16.8 Å². The molecule has 3 aromatic rings. The Morgan fingerprint density at radius 1 is 1.27 bits per heavy atom. The van der Waals surface area contributed by atoms with Gasteiger partial charge in [-0.2, -0.15) is 0 Å². The molecule has 0 saturated carbocycles. The summed E-state index contributed by atoms with van der Waals surface area (Å²) in [6.45, 7) is 0.567. The number of nitrogens with one attached hydrogen (secondary N) is 2. The first kappa shape index (κ1) is 12.8. The summed E-state index contributed by atoms with van der Waals surface area (Å²) in [6, 6.07) is 9.12. The first-order chi connectivity index (χ1) is 10.8. The number of rotatable bonds is 2. The SMILES string of the molecule is O=C(NC1CCOc2cccnc21)c1cc2cccnc2[nH]1. The lowest BCUT2D eigenvalue weighted by Gasteiger charge is -2.25. The third-order valence-electron chi connectivity index (χ3n) is 3.74. The van der Waals surface area contributed by atoms with E-state index in [1.807, 2.05) is 24.3 Å². The second-order valence-electron chi connectivity index (χ2n) is 5.17. The summed E-state index contributed by atoms with van der Waals surface area (Å²) in [5.41, 5.74) is 1.98. The highest BCUT2D eigenvalue weighted by atomic mass is 16.5. The van der Waals surface area contributed by atoms with Crippen LogP contribution in [0.2, 0.25) is 0 Å². The molecule has 4 heterocycles. The number of aromatic nitrogens is 3. The lowest BCUT2D eigenvalue weighted by atomic mass is 10.1. The summed E-state index contributed by atoms with van der Waals surface area (Å²) >= 11 is 0. The highest BCUT2D eigenvalue weighted by molar-refractivity contribution is 5.97. The van der Waals surface area contributed by atoms with Gasteiger partial charge < -0.3 is 15.0 Å². The van der Waals surface area contributed by atoms with Gasteiger partial charge in [0.25, 0.3) is 5.91 Å². The summed E-state index contributed by atoms with van der Waals surface area (Å²) in [7, 11) is 0. The smallest absolute Gasteiger partial charge is 0.268 e. The predicted octanol–water partition coefficient (Wildman–Crippen LogP) is 2.21. The Kier molecular flexibility index (Phi) is 3.00. The Hall–Kier alpha value is -2.89. The molecule has 22 heavy (non-hydrogen) atoms. The molecule has 0 spiro atoms. The lowest BCUT2D eigenvalue weighted by molar-refractivity contribution is 0.0919. The van der Waals surface area contributed by atoms with Crippen molar-refractivity contribution in [2.45, 2.75) is 12.5 Å². The highest BCUT2D eigenvalue weighted by Crippen LogP contribution is 2.29. The molecule has 6 nitrogen and oxygen atoms in total. The van der Waals surface area contributed by atoms with Crippen LogP contribution in [0, 0.1) is 0 Å². The number of ether oxygens (including phenoxy) is 1. The summed E-state index contributed by atoms with van der Waals surface area (Å²) in [6.07, 6.45) is 4.10. The molecule has 4 rings (SSSR count). The largest absolute Gasteiger partial charge is 0.491 e. The van der Waals surface area contributed by atoms with Crippen LogP contribution in [0.25, 0.3) is 11.0 Å². The van der Waals surface area contributed by atoms with E-state index in [1.165, 1.54) is 0 Å². The van der Waals surface area contributed by atoms with Crippen molar-refractivity contribution in [1.82, 2.24) is 20.3 Å². The van der Waals surface area contributed by atoms with Gasteiger partial charge in [0, 0.05) is 24.2 Å². The summed E-state index contributed by atoms with van der Waals surface area (Å²) < 4.78 is 5.56. The van der Waals surface area contributed by atoms with E-state index in [1.54, 1.807) is 18.5 Å². The number of fused-ring (bicyclic) bond motifs is 2. The van der Waals surface area contributed by atoms with Gasteiger partial charge in [-0.25, -0.2) is 4.98 Å². The third kappa shape index (κ3) is 2.18. The van der Waals surface area contributed by atoms with Crippen LogP contribution in [-0.4, -0.2) is 27.5 Å². The minimum Gasteiger partial charge on any atom is -0.491 e. The van der Waals surface area contributed by atoms with Gasteiger partial charge in [0.15, 0.2) is 0 Å². The fourth-order valence-electron chi connectivity index (χ4n) is 2.67. The van der Waals surface area contributed by atoms with E-state index in [-0.39, 0.29) is 11.9 Å². The van der Waals surface area contributed by atoms with Gasteiger partial charge >= 0.3 is 0 Å². The number of carbonyl (C=O) groups is 1. The zero-order valence-electron chi connectivity index (χ0n) is 11.7. The second-order valence-corrected chi connectivity index (χ2v) is 5.17. The minimum absolute atomic E-state index is 0.142. The summed E-state index contributed by atoms with van der Waals surface area (Å²) in [4.78, 5) is 24.0. The zero-order chi connectivity index (χ0) is 14.9. The fraction of sp³-hybridized carbons (Fsp3) is 0.188. The van der Waals surface area contributed by atoms with Crippen LogP contribution in [0.5, 0.6) is 5.75 Å². The Morgan fingerprint density at radius 3 is 3.05 bits per heavy atom. The fourth-order valence-corrected chi connectivity index (χ4v) is 2.67. The molecular formula is C16H14N4O2. The molecule has 0 aliphatic carbocycles. The Balaban J connectivity index is 1.60. The maximum Gasteiger partial charge on any atom is 0.268 e. The molecule has 6 heteroatoms. The van der Waals surface area contributed by atoms with Crippen molar-refractivity contribution in [2.24, 2.45) is 0 Å². The van der Waals surface area contributed by atoms with Gasteiger partial charge in [0.2, 0.25) is 0 Å². The maximum absolute atomic E-state index is 12.5. The monoisotopic (exact) mass is 294 g/mol. The van der Waals surface area contributed by atoms with E-state index < -0.39 is 0 Å². The molecule has 0 bridgehead atoms. The molecule has 1 amide bonds. The quantitative estimate of drug-likeness (QED) is 0.759. The van der Waals surface area contributed by atoms with Crippen molar-refractivity contribution in [3.05, 3.63) is 54.1 Å².